The summed E-state index contributed by atoms with van der Waals surface area (Å²) in [6, 6.07) is 13.6. The number of carbonyl (C=O) groups is 2. The molecule has 222 valence electrons. The maximum absolute atomic E-state index is 12.7. The number of para-hydroxylation sites is 1. The fraction of sp³-hybridized carbons (Fsp3) is 0.576. The van der Waals surface area contributed by atoms with Crippen LogP contribution in [0.5, 0.6) is 0 Å². The predicted molar refractivity (Wildman–Crippen MR) is 167 cm³/mol. The fourth-order valence-corrected chi connectivity index (χ4v) is 4.67. The van der Waals surface area contributed by atoms with Gasteiger partial charge in [-0.25, -0.2) is 4.79 Å². The fourth-order valence-electron chi connectivity index (χ4n) is 4.67. The van der Waals surface area contributed by atoms with E-state index in [1.54, 1.807) is 12.1 Å². The first-order valence-corrected chi connectivity index (χ1v) is 15.0. The van der Waals surface area contributed by atoms with Crippen molar-refractivity contribution in [1.29, 1.82) is 0 Å². The van der Waals surface area contributed by atoms with E-state index in [9.17, 15) is 9.59 Å². The number of piperidine rings is 1. The van der Waals surface area contributed by atoms with Gasteiger partial charge in [-0.3, -0.25) is 9.69 Å². The minimum Gasteiger partial charge on any atom is -0.461 e. The second kappa shape index (κ2) is 18.4. The van der Waals surface area contributed by atoms with E-state index >= 15 is 0 Å². The van der Waals surface area contributed by atoms with Crippen LogP contribution in [0.15, 0.2) is 42.5 Å². The average molecular weight is 553 g/mol. The zero-order valence-electron chi connectivity index (χ0n) is 25.7. The number of hydrogen-bond acceptors (Lipinski definition) is 6. The molecular formula is C33H52N4O3. The van der Waals surface area contributed by atoms with Gasteiger partial charge in [-0.15, -0.1) is 0 Å². The first-order valence-electron chi connectivity index (χ1n) is 15.0. The van der Waals surface area contributed by atoms with Gasteiger partial charge in [0.15, 0.2) is 0 Å². The number of esters is 1. The topological polar surface area (TPSA) is 73.9 Å². The second-order valence-electron chi connectivity index (χ2n) is 11.0. The number of rotatable bonds is 13. The van der Waals surface area contributed by atoms with E-state index in [-0.39, 0.29) is 17.9 Å². The van der Waals surface area contributed by atoms with Crippen molar-refractivity contribution in [3.05, 3.63) is 59.2 Å². The molecule has 2 aromatic carbocycles. The lowest BCUT2D eigenvalue weighted by Gasteiger charge is -2.34. The van der Waals surface area contributed by atoms with Crippen LogP contribution in [0.1, 0.15) is 80.3 Å². The molecule has 1 aliphatic rings. The van der Waals surface area contributed by atoms with Crippen LogP contribution in [-0.2, 0) is 9.53 Å². The molecule has 0 aromatic heterocycles. The summed E-state index contributed by atoms with van der Waals surface area (Å²) in [5.41, 5.74) is 4.90. The molecule has 0 saturated carbocycles. The van der Waals surface area contributed by atoms with E-state index in [0.717, 1.165) is 67.9 Å². The van der Waals surface area contributed by atoms with Crippen LogP contribution in [0.3, 0.4) is 0 Å². The molecule has 1 heterocycles. The van der Waals surface area contributed by atoms with Gasteiger partial charge in [0.2, 0.25) is 5.91 Å². The van der Waals surface area contributed by atoms with E-state index < -0.39 is 0 Å². The van der Waals surface area contributed by atoms with Crippen molar-refractivity contribution in [2.45, 2.75) is 78.7 Å². The Morgan fingerprint density at radius 3 is 2.27 bits per heavy atom. The van der Waals surface area contributed by atoms with E-state index in [4.69, 9.17) is 4.74 Å². The molecule has 1 fully saturated rings. The second-order valence-corrected chi connectivity index (χ2v) is 11.0. The number of aryl methyl sites for hydroxylation is 2. The monoisotopic (exact) mass is 552 g/mol. The number of anilines is 2. The molecule has 7 nitrogen and oxygen atoms in total. The van der Waals surface area contributed by atoms with Crippen LogP contribution in [0.2, 0.25) is 0 Å². The molecule has 40 heavy (non-hydrogen) atoms. The largest absolute Gasteiger partial charge is 0.461 e. The van der Waals surface area contributed by atoms with Crippen LogP contribution in [0.25, 0.3) is 0 Å². The summed E-state index contributed by atoms with van der Waals surface area (Å²) in [5.74, 6) is -0.0924. The highest BCUT2D eigenvalue weighted by Gasteiger charge is 2.28. The first-order chi connectivity index (χ1) is 19.3. The Labute approximate surface area is 242 Å². The van der Waals surface area contributed by atoms with Crippen molar-refractivity contribution >= 4 is 23.3 Å². The highest BCUT2D eigenvalue weighted by molar-refractivity contribution is 5.96. The molecule has 1 amide bonds. The number of nitrogens with one attached hydrogen (secondary N) is 2. The molecule has 1 saturated heterocycles. The quantitative estimate of drug-likeness (QED) is 0.218. The van der Waals surface area contributed by atoms with Crippen LogP contribution in [0.4, 0.5) is 11.4 Å². The van der Waals surface area contributed by atoms with Crippen LogP contribution < -0.4 is 10.6 Å². The number of hydrogen-bond donors (Lipinski definition) is 2. The molecule has 0 spiro atoms. The minimum atomic E-state index is -0.262. The van der Waals surface area contributed by atoms with Crippen molar-refractivity contribution < 1.29 is 14.3 Å². The third-order valence-corrected chi connectivity index (χ3v) is 7.20. The molecule has 1 atom stereocenters. The number of amides is 1. The Balaban J connectivity index is 0.000000282. The van der Waals surface area contributed by atoms with Gasteiger partial charge in [0, 0.05) is 24.5 Å². The smallest absolute Gasteiger partial charge is 0.338 e. The molecule has 1 aliphatic heterocycles. The molecule has 0 bridgehead atoms. The van der Waals surface area contributed by atoms with E-state index in [1.165, 1.54) is 25.7 Å². The first kappa shape index (κ1) is 33.3. The van der Waals surface area contributed by atoms with Gasteiger partial charge in [0.25, 0.3) is 0 Å². The van der Waals surface area contributed by atoms with Crippen LogP contribution >= 0.6 is 0 Å². The third-order valence-electron chi connectivity index (χ3n) is 7.20. The van der Waals surface area contributed by atoms with Crippen molar-refractivity contribution in [2.75, 3.05) is 57.5 Å². The highest BCUT2D eigenvalue weighted by Crippen LogP contribution is 2.23. The van der Waals surface area contributed by atoms with Crippen molar-refractivity contribution in [3.63, 3.8) is 0 Å². The Bertz CT molecular complexity index is 1000. The SMILES string of the molecule is CCCCN1CCCCC1C(=O)Nc1c(C)cccc1C.CCCCNc1ccc(C(=O)OCCN(C)C)cc1. The van der Waals surface area contributed by atoms with E-state index in [1.807, 2.05) is 37.2 Å². The normalized spacial score (nSPS) is 15.2. The highest BCUT2D eigenvalue weighted by atomic mass is 16.5. The van der Waals surface area contributed by atoms with Crippen molar-refractivity contribution in [1.82, 2.24) is 9.80 Å². The Kier molecular flexibility index (Phi) is 15.4. The predicted octanol–water partition coefficient (Wildman–Crippen LogP) is 6.51. The maximum Gasteiger partial charge on any atom is 0.338 e. The molecule has 7 heteroatoms. The van der Waals surface area contributed by atoms with Gasteiger partial charge >= 0.3 is 5.97 Å². The van der Waals surface area contributed by atoms with Crippen LogP contribution in [0, 0.1) is 13.8 Å². The lowest BCUT2D eigenvalue weighted by atomic mass is 10.00. The van der Waals surface area contributed by atoms with Gasteiger partial charge in [0.1, 0.15) is 6.61 Å². The molecular weight excluding hydrogens is 500 g/mol. The summed E-state index contributed by atoms with van der Waals surface area (Å²) in [7, 11) is 3.90. The molecule has 0 aliphatic carbocycles. The van der Waals surface area contributed by atoms with Gasteiger partial charge in [0.05, 0.1) is 11.6 Å². The molecule has 1 unspecified atom stereocenters. The third kappa shape index (κ3) is 11.7. The number of nitrogens with zero attached hydrogens (tertiary/aromatic N) is 2. The maximum atomic E-state index is 12.7. The summed E-state index contributed by atoms with van der Waals surface area (Å²) in [6.45, 7) is 12.7. The van der Waals surface area contributed by atoms with Gasteiger partial charge in [-0.2, -0.15) is 0 Å². The van der Waals surface area contributed by atoms with E-state index in [2.05, 4.69) is 55.4 Å². The number of likely N-dealkylation sites (tertiary alicyclic amines) is 1. The molecule has 2 aromatic rings. The molecule has 3 rings (SSSR count). The Morgan fingerprint density at radius 1 is 0.975 bits per heavy atom. The summed E-state index contributed by atoms with van der Waals surface area (Å²) in [5, 5.41) is 6.49. The van der Waals surface area contributed by atoms with Gasteiger partial charge in [-0.05, 0) is 102 Å². The molecule has 0 radical (unpaired) electrons. The summed E-state index contributed by atoms with van der Waals surface area (Å²) in [6.07, 6.45) is 8.04. The standard InChI is InChI=1S/C18H28N2O.C15H24N2O2/c1-4-5-12-20-13-7-6-11-16(20)18(21)19-17-14(2)9-8-10-15(17)3;1-4-5-10-16-14-8-6-13(7-9-14)15(18)19-12-11-17(2)3/h8-10,16H,4-7,11-13H2,1-3H3,(H,19,21);6-9,16H,4-5,10-12H2,1-3H3. The number of ether oxygens (including phenoxy) is 1. The van der Waals surface area contributed by atoms with Crippen LogP contribution in [-0.4, -0.2) is 74.6 Å². The number of unbranched alkanes of at least 4 members (excludes halogenated alkanes) is 2. The Hall–Kier alpha value is -2.90. The minimum absolute atomic E-state index is 0.0457. The number of benzene rings is 2. The zero-order chi connectivity index (χ0) is 29.3. The number of likely N-dealkylation sites (N-methyl/N-ethyl adjacent to an activating group) is 1. The average Bonchev–Trinajstić information content (AvgIpc) is 2.94. The zero-order valence-corrected chi connectivity index (χ0v) is 25.7. The molecule has 2 N–H and O–H groups in total. The van der Waals surface area contributed by atoms with Gasteiger partial charge in [-0.1, -0.05) is 51.3 Å². The number of carbonyl (C=O) groups excluding carboxylic acids is 2. The Morgan fingerprint density at radius 2 is 1.65 bits per heavy atom. The van der Waals surface area contributed by atoms with E-state index in [0.29, 0.717) is 12.2 Å². The summed E-state index contributed by atoms with van der Waals surface area (Å²) < 4.78 is 5.18. The van der Waals surface area contributed by atoms with Crippen molar-refractivity contribution in [3.8, 4) is 0 Å². The van der Waals surface area contributed by atoms with Gasteiger partial charge < -0.3 is 20.3 Å². The summed E-state index contributed by atoms with van der Waals surface area (Å²) in [4.78, 5) is 28.8. The lowest BCUT2D eigenvalue weighted by molar-refractivity contribution is -0.122. The summed E-state index contributed by atoms with van der Waals surface area (Å²) >= 11 is 0. The van der Waals surface area contributed by atoms with Crippen molar-refractivity contribution in [2.24, 2.45) is 0 Å². The lowest BCUT2D eigenvalue weighted by Crippen LogP contribution is -2.47.